The summed E-state index contributed by atoms with van der Waals surface area (Å²) in [5.41, 5.74) is 1.79. The van der Waals surface area contributed by atoms with Gasteiger partial charge in [-0.1, -0.05) is 17.7 Å². The molecular formula is C17H23NO4S. The SMILES string of the molecule is CCOC(=O)CCN1CCC/C1=C\S(=O)(=O)c1ccc(C)cc1. The third-order valence-corrected chi connectivity index (χ3v) is 5.31. The number of sulfone groups is 1. The molecule has 1 saturated heterocycles. The quantitative estimate of drug-likeness (QED) is 0.747. The van der Waals surface area contributed by atoms with Gasteiger partial charge >= 0.3 is 5.97 Å². The summed E-state index contributed by atoms with van der Waals surface area (Å²) in [6.45, 7) is 5.32. The summed E-state index contributed by atoms with van der Waals surface area (Å²) in [5.74, 6) is -0.250. The average Bonchev–Trinajstić information content (AvgIpc) is 2.92. The molecule has 23 heavy (non-hydrogen) atoms. The Hall–Kier alpha value is -1.82. The molecule has 0 unspecified atom stereocenters. The van der Waals surface area contributed by atoms with E-state index >= 15 is 0 Å². The van der Waals surface area contributed by atoms with Crippen molar-refractivity contribution in [2.75, 3.05) is 19.7 Å². The number of nitrogens with zero attached hydrogens (tertiary/aromatic N) is 1. The van der Waals surface area contributed by atoms with Crippen molar-refractivity contribution in [3.63, 3.8) is 0 Å². The Labute approximate surface area is 137 Å². The number of ether oxygens (including phenoxy) is 1. The van der Waals surface area contributed by atoms with Gasteiger partial charge in [0, 0.05) is 18.8 Å². The Kier molecular flexibility index (Phi) is 5.82. The molecule has 1 aliphatic heterocycles. The fourth-order valence-electron chi connectivity index (χ4n) is 2.58. The van der Waals surface area contributed by atoms with Gasteiger partial charge in [-0.05, 0) is 38.8 Å². The van der Waals surface area contributed by atoms with Crippen LogP contribution in [0.4, 0.5) is 0 Å². The zero-order chi connectivity index (χ0) is 16.9. The van der Waals surface area contributed by atoms with Crippen LogP contribution in [0, 0.1) is 6.92 Å². The molecule has 0 aromatic heterocycles. The van der Waals surface area contributed by atoms with Gasteiger partial charge < -0.3 is 9.64 Å². The van der Waals surface area contributed by atoms with E-state index < -0.39 is 9.84 Å². The van der Waals surface area contributed by atoms with Crippen LogP contribution in [0.1, 0.15) is 31.7 Å². The Morgan fingerprint density at radius 2 is 2.00 bits per heavy atom. The van der Waals surface area contributed by atoms with Gasteiger partial charge in [-0.15, -0.1) is 0 Å². The van der Waals surface area contributed by atoms with Gasteiger partial charge in [0.15, 0.2) is 0 Å². The van der Waals surface area contributed by atoms with Gasteiger partial charge in [-0.25, -0.2) is 8.42 Å². The molecule has 0 N–H and O–H groups in total. The van der Waals surface area contributed by atoms with E-state index in [9.17, 15) is 13.2 Å². The van der Waals surface area contributed by atoms with E-state index in [1.807, 2.05) is 11.8 Å². The summed E-state index contributed by atoms with van der Waals surface area (Å²) in [4.78, 5) is 13.7. The van der Waals surface area contributed by atoms with E-state index in [0.29, 0.717) is 24.5 Å². The molecule has 0 bridgehead atoms. The van der Waals surface area contributed by atoms with Crippen LogP contribution in [0.5, 0.6) is 0 Å². The largest absolute Gasteiger partial charge is 0.466 e. The lowest BCUT2D eigenvalue weighted by Gasteiger charge is -2.19. The first-order valence-corrected chi connectivity index (χ1v) is 9.40. The van der Waals surface area contributed by atoms with E-state index in [4.69, 9.17) is 4.74 Å². The maximum atomic E-state index is 12.5. The Morgan fingerprint density at radius 1 is 1.30 bits per heavy atom. The van der Waals surface area contributed by atoms with Crippen molar-refractivity contribution in [3.05, 3.63) is 40.9 Å². The topological polar surface area (TPSA) is 63.7 Å². The first-order chi connectivity index (χ1) is 10.9. The molecule has 1 fully saturated rings. The third kappa shape index (κ3) is 4.82. The Balaban J connectivity index is 2.10. The zero-order valence-electron chi connectivity index (χ0n) is 13.6. The molecule has 5 nitrogen and oxygen atoms in total. The molecule has 1 heterocycles. The lowest BCUT2D eigenvalue weighted by molar-refractivity contribution is -0.143. The maximum Gasteiger partial charge on any atom is 0.307 e. The fraction of sp³-hybridized carbons (Fsp3) is 0.471. The highest BCUT2D eigenvalue weighted by Gasteiger charge is 2.21. The lowest BCUT2D eigenvalue weighted by Crippen LogP contribution is -2.23. The number of carbonyl (C=O) groups is 1. The molecule has 0 amide bonds. The number of benzene rings is 1. The predicted molar refractivity (Wildman–Crippen MR) is 88.5 cm³/mol. The predicted octanol–water partition coefficient (Wildman–Crippen LogP) is 2.66. The molecule has 1 aliphatic rings. The number of allylic oxidation sites excluding steroid dienone is 1. The van der Waals surface area contributed by atoms with E-state index in [-0.39, 0.29) is 12.4 Å². The first kappa shape index (κ1) is 17.5. The molecule has 126 valence electrons. The molecule has 0 atom stereocenters. The van der Waals surface area contributed by atoms with E-state index in [1.165, 1.54) is 5.41 Å². The number of hydrogen-bond donors (Lipinski definition) is 0. The second-order valence-corrected chi connectivity index (χ2v) is 7.41. The van der Waals surface area contributed by atoms with Crippen LogP contribution >= 0.6 is 0 Å². The molecule has 0 aliphatic carbocycles. The van der Waals surface area contributed by atoms with E-state index in [0.717, 1.165) is 24.2 Å². The summed E-state index contributed by atoms with van der Waals surface area (Å²) in [6, 6.07) is 6.83. The van der Waals surface area contributed by atoms with Crippen LogP contribution in [-0.4, -0.2) is 39.0 Å². The minimum Gasteiger partial charge on any atom is -0.466 e. The van der Waals surface area contributed by atoms with Crippen LogP contribution < -0.4 is 0 Å². The number of aryl methyl sites for hydroxylation is 1. The highest BCUT2D eigenvalue weighted by Crippen LogP contribution is 2.24. The van der Waals surface area contributed by atoms with Gasteiger partial charge in [0.2, 0.25) is 9.84 Å². The van der Waals surface area contributed by atoms with Crippen molar-refractivity contribution in [3.8, 4) is 0 Å². The first-order valence-electron chi connectivity index (χ1n) is 7.85. The van der Waals surface area contributed by atoms with Crippen LogP contribution in [0.25, 0.3) is 0 Å². The van der Waals surface area contributed by atoms with Crippen molar-refractivity contribution >= 4 is 15.8 Å². The van der Waals surface area contributed by atoms with E-state index in [1.54, 1.807) is 31.2 Å². The van der Waals surface area contributed by atoms with Gasteiger partial charge in [0.05, 0.1) is 23.3 Å². The smallest absolute Gasteiger partial charge is 0.307 e. The van der Waals surface area contributed by atoms with Crippen LogP contribution in [0.2, 0.25) is 0 Å². The highest BCUT2D eigenvalue weighted by atomic mass is 32.2. The van der Waals surface area contributed by atoms with Crippen molar-refractivity contribution in [2.45, 2.75) is 38.0 Å². The maximum absolute atomic E-state index is 12.5. The second kappa shape index (κ2) is 7.64. The summed E-state index contributed by atoms with van der Waals surface area (Å²) < 4.78 is 29.9. The molecule has 2 rings (SSSR count). The molecule has 1 aromatic carbocycles. The molecule has 6 heteroatoms. The number of likely N-dealkylation sites (tertiary alicyclic amines) is 1. The summed E-state index contributed by atoms with van der Waals surface area (Å²) >= 11 is 0. The molecule has 0 radical (unpaired) electrons. The van der Waals surface area contributed by atoms with Crippen molar-refractivity contribution < 1.29 is 17.9 Å². The van der Waals surface area contributed by atoms with Crippen LogP contribution in [0.15, 0.2) is 40.3 Å². The number of esters is 1. The van der Waals surface area contributed by atoms with E-state index in [2.05, 4.69) is 0 Å². The molecule has 0 spiro atoms. The monoisotopic (exact) mass is 337 g/mol. The van der Waals surface area contributed by atoms with Gasteiger partial charge in [-0.2, -0.15) is 0 Å². The minimum atomic E-state index is -3.46. The number of carbonyl (C=O) groups excluding carboxylic acids is 1. The summed E-state index contributed by atoms with van der Waals surface area (Å²) in [6.07, 6.45) is 1.89. The van der Waals surface area contributed by atoms with Crippen molar-refractivity contribution in [2.24, 2.45) is 0 Å². The standard InChI is InChI=1S/C17H23NO4S/c1-3-22-17(19)10-12-18-11-4-5-15(18)13-23(20,21)16-8-6-14(2)7-9-16/h6-9,13H,3-5,10-12H2,1-2H3/b15-13+. The molecular weight excluding hydrogens is 314 g/mol. The Bertz CT molecular complexity index is 677. The van der Waals surface area contributed by atoms with Crippen molar-refractivity contribution in [1.29, 1.82) is 0 Å². The van der Waals surface area contributed by atoms with Gasteiger partial charge in [0.25, 0.3) is 0 Å². The van der Waals surface area contributed by atoms with Gasteiger partial charge in [-0.3, -0.25) is 4.79 Å². The normalized spacial score (nSPS) is 16.8. The lowest BCUT2D eigenvalue weighted by atomic mass is 10.2. The molecule has 1 aromatic rings. The van der Waals surface area contributed by atoms with Gasteiger partial charge in [0.1, 0.15) is 0 Å². The summed E-state index contributed by atoms with van der Waals surface area (Å²) in [5, 5.41) is 1.34. The van der Waals surface area contributed by atoms with Crippen molar-refractivity contribution in [1.82, 2.24) is 4.90 Å². The third-order valence-electron chi connectivity index (χ3n) is 3.80. The zero-order valence-corrected chi connectivity index (χ0v) is 14.4. The highest BCUT2D eigenvalue weighted by molar-refractivity contribution is 7.94. The molecule has 0 saturated carbocycles. The van der Waals surface area contributed by atoms with Crippen LogP contribution in [-0.2, 0) is 19.4 Å². The fourth-order valence-corrected chi connectivity index (χ4v) is 3.85. The Morgan fingerprint density at radius 3 is 2.65 bits per heavy atom. The second-order valence-electron chi connectivity index (χ2n) is 5.61. The minimum absolute atomic E-state index is 0.250. The van der Waals surface area contributed by atoms with Crippen LogP contribution in [0.3, 0.4) is 0 Å². The number of hydrogen-bond acceptors (Lipinski definition) is 5. The summed E-state index contributed by atoms with van der Waals surface area (Å²) in [7, 11) is -3.46. The number of rotatable bonds is 6. The average molecular weight is 337 g/mol.